The third-order valence-corrected chi connectivity index (χ3v) is 4.17. The lowest BCUT2D eigenvalue weighted by molar-refractivity contribution is 0.102. The first-order valence-corrected chi connectivity index (χ1v) is 8.48. The highest BCUT2D eigenvalue weighted by atomic mass is 35.5. The number of hydrogen-bond donors (Lipinski definition) is 2. The minimum absolute atomic E-state index is 0.0451. The standard InChI is InChI=1S/C19H14Cl2FN3O/c20-13-6-4-12(5-7-13)10-23-14-8-9-17(24-11-14)25-19(26)18-15(21)2-1-3-16(18)22/h1-9,11,23H,10H2,(H,24,25,26). The van der Waals surface area contributed by atoms with Gasteiger partial charge in [0, 0.05) is 11.6 Å². The van der Waals surface area contributed by atoms with Gasteiger partial charge in [-0.2, -0.15) is 0 Å². The van der Waals surface area contributed by atoms with E-state index in [-0.39, 0.29) is 10.6 Å². The van der Waals surface area contributed by atoms with Crippen molar-refractivity contribution in [3.8, 4) is 0 Å². The minimum Gasteiger partial charge on any atom is -0.380 e. The predicted molar refractivity (Wildman–Crippen MR) is 102 cm³/mol. The van der Waals surface area contributed by atoms with E-state index in [1.54, 1.807) is 18.3 Å². The fourth-order valence-corrected chi connectivity index (χ4v) is 2.65. The maximum atomic E-state index is 13.8. The second kappa shape index (κ2) is 8.17. The number of halogens is 3. The van der Waals surface area contributed by atoms with Crippen molar-refractivity contribution >= 4 is 40.6 Å². The average Bonchev–Trinajstić information content (AvgIpc) is 2.62. The largest absolute Gasteiger partial charge is 0.380 e. The van der Waals surface area contributed by atoms with Crippen LogP contribution in [0.25, 0.3) is 0 Å². The van der Waals surface area contributed by atoms with Crippen LogP contribution in [0.1, 0.15) is 15.9 Å². The van der Waals surface area contributed by atoms with Crippen LogP contribution in [-0.4, -0.2) is 10.9 Å². The van der Waals surface area contributed by atoms with Crippen LogP contribution >= 0.6 is 23.2 Å². The third kappa shape index (κ3) is 4.50. The number of aromatic nitrogens is 1. The summed E-state index contributed by atoms with van der Waals surface area (Å²) in [5.41, 5.74) is 1.64. The van der Waals surface area contributed by atoms with E-state index in [1.165, 1.54) is 18.2 Å². The van der Waals surface area contributed by atoms with E-state index in [4.69, 9.17) is 23.2 Å². The Morgan fingerprint density at radius 1 is 1.04 bits per heavy atom. The SMILES string of the molecule is O=C(Nc1ccc(NCc2ccc(Cl)cc2)cn1)c1c(F)cccc1Cl. The van der Waals surface area contributed by atoms with Gasteiger partial charge in [0.1, 0.15) is 11.6 Å². The lowest BCUT2D eigenvalue weighted by Crippen LogP contribution is -2.15. The van der Waals surface area contributed by atoms with Crippen LogP contribution in [0.5, 0.6) is 0 Å². The first kappa shape index (κ1) is 18.2. The quantitative estimate of drug-likeness (QED) is 0.614. The van der Waals surface area contributed by atoms with Gasteiger partial charge >= 0.3 is 0 Å². The molecule has 0 aliphatic carbocycles. The third-order valence-electron chi connectivity index (χ3n) is 3.60. The zero-order chi connectivity index (χ0) is 18.5. The van der Waals surface area contributed by atoms with Gasteiger partial charge < -0.3 is 10.6 Å². The van der Waals surface area contributed by atoms with E-state index >= 15 is 0 Å². The Hall–Kier alpha value is -2.63. The fraction of sp³-hybridized carbons (Fsp3) is 0.0526. The summed E-state index contributed by atoms with van der Waals surface area (Å²) in [6.07, 6.45) is 1.58. The predicted octanol–water partition coefficient (Wildman–Crippen LogP) is 5.39. The summed E-state index contributed by atoms with van der Waals surface area (Å²) in [4.78, 5) is 16.3. The number of anilines is 2. The van der Waals surface area contributed by atoms with Crippen molar-refractivity contribution in [2.45, 2.75) is 6.54 Å². The Morgan fingerprint density at radius 2 is 1.81 bits per heavy atom. The smallest absolute Gasteiger partial charge is 0.261 e. The molecule has 26 heavy (non-hydrogen) atoms. The number of nitrogens with one attached hydrogen (secondary N) is 2. The van der Waals surface area contributed by atoms with Crippen LogP contribution in [0.4, 0.5) is 15.9 Å². The summed E-state index contributed by atoms with van der Waals surface area (Å²) in [5, 5.41) is 6.47. The molecule has 0 unspecified atom stereocenters. The molecule has 1 aromatic heterocycles. The van der Waals surface area contributed by atoms with Crippen LogP contribution in [-0.2, 0) is 6.54 Å². The van der Waals surface area contributed by atoms with Gasteiger partial charge in [-0.1, -0.05) is 41.4 Å². The Kier molecular flexibility index (Phi) is 5.71. The topological polar surface area (TPSA) is 54.0 Å². The van der Waals surface area contributed by atoms with E-state index in [2.05, 4.69) is 15.6 Å². The van der Waals surface area contributed by atoms with Crippen LogP contribution in [0.2, 0.25) is 10.0 Å². The zero-order valence-electron chi connectivity index (χ0n) is 13.5. The fourth-order valence-electron chi connectivity index (χ4n) is 2.27. The van der Waals surface area contributed by atoms with Gasteiger partial charge in [-0.3, -0.25) is 4.79 Å². The van der Waals surface area contributed by atoms with Crippen molar-refractivity contribution in [1.82, 2.24) is 4.98 Å². The molecule has 3 aromatic rings. The zero-order valence-corrected chi connectivity index (χ0v) is 15.0. The molecule has 0 aliphatic heterocycles. The van der Waals surface area contributed by atoms with E-state index in [0.29, 0.717) is 17.4 Å². The molecule has 3 rings (SSSR count). The van der Waals surface area contributed by atoms with E-state index in [1.807, 2.05) is 24.3 Å². The minimum atomic E-state index is -0.684. The molecule has 0 atom stereocenters. The molecule has 0 saturated heterocycles. The van der Waals surface area contributed by atoms with E-state index < -0.39 is 11.7 Å². The number of pyridine rings is 1. The Labute approximate surface area is 160 Å². The summed E-state index contributed by atoms with van der Waals surface area (Å²) in [6, 6.07) is 15.0. The van der Waals surface area contributed by atoms with Crippen molar-refractivity contribution in [3.05, 3.63) is 87.8 Å². The van der Waals surface area contributed by atoms with Crippen molar-refractivity contribution in [2.75, 3.05) is 10.6 Å². The Balaban J connectivity index is 1.62. The number of rotatable bonds is 5. The van der Waals surface area contributed by atoms with Crippen LogP contribution in [0.15, 0.2) is 60.8 Å². The number of benzene rings is 2. The van der Waals surface area contributed by atoms with Gasteiger partial charge in [-0.05, 0) is 42.0 Å². The van der Waals surface area contributed by atoms with E-state index in [9.17, 15) is 9.18 Å². The highest BCUT2D eigenvalue weighted by Gasteiger charge is 2.16. The van der Waals surface area contributed by atoms with Gasteiger partial charge in [-0.15, -0.1) is 0 Å². The number of carbonyl (C=O) groups is 1. The molecular weight excluding hydrogens is 376 g/mol. The number of carbonyl (C=O) groups excluding carboxylic acids is 1. The molecule has 4 nitrogen and oxygen atoms in total. The second-order valence-corrected chi connectivity index (χ2v) is 6.31. The molecule has 2 aromatic carbocycles. The molecule has 0 aliphatic rings. The van der Waals surface area contributed by atoms with Crippen molar-refractivity contribution in [3.63, 3.8) is 0 Å². The highest BCUT2D eigenvalue weighted by Crippen LogP contribution is 2.20. The number of hydrogen-bond acceptors (Lipinski definition) is 3. The summed E-state index contributed by atoms with van der Waals surface area (Å²) in [6.45, 7) is 0.607. The Morgan fingerprint density at radius 3 is 2.46 bits per heavy atom. The maximum Gasteiger partial charge on any atom is 0.261 e. The summed E-state index contributed by atoms with van der Waals surface area (Å²) < 4.78 is 13.8. The van der Waals surface area contributed by atoms with Crippen LogP contribution in [0.3, 0.4) is 0 Å². The lowest BCUT2D eigenvalue weighted by Gasteiger charge is -2.09. The summed E-state index contributed by atoms with van der Waals surface area (Å²) in [5.74, 6) is -1.04. The summed E-state index contributed by atoms with van der Waals surface area (Å²) >= 11 is 11.7. The van der Waals surface area contributed by atoms with Gasteiger partial charge in [0.25, 0.3) is 5.91 Å². The van der Waals surface area contributed by atoms with Crippen LogP contribution < -0.4 is 10.6 Å². The molecule has 0 radical (unpaired) electrons. The average molecular weight is 390 g/mol. The molecule has 2 N–H and O–H groups in total. The van der Waals surface area contributed by atoms with Crippen LogP contribution in [0, 0.1) is 5.82 Å². The molecule has 0 bridgehead atoms. The molecule has 1 amide bonds. The normalized spacial score (nSPS) is 10.4. The van der Waals surface area contributed by atoms with Gasteiger partial charge in [-0.25, -0.2) is 9.37 Å². The number of nitrogens with zero attached hydrogens (tertiary/aromatic N) is 1. The second-order valence-electron chi connectivity index (χ2n) is 5.46. The number of amides is 1. The molecule has 7 heteroatoms. The summed E-state index contributed by atoms with van der Waals surface area (Å²) in [7, 11) is 0. The molecule has 0 saturated carbocycles. The Bertz CT molecular complexity index is 895. The molecule has 0 spiro atoms. The molecule has 1 heterocycles. The molecule has 0 fully saturated rings. The van der Waals surface area contributed by atoms with E-state index in [0.717, 1.165) is 11.3 Å². The maximum absolute atomic E-state index is 13.8. The van der Waals surface area contributed by atoms with Crippen molar-refractivity contribution in [2.24, 2.45) is 0 Å². The molecular formula is C19H14Cl2FN3O. The molecule has 132 valence electrons. The van der Waals surface area contributed by atoms with Crippen molar-refractivity contribution < 1.29 is 9.18 Å². The monoisotopic (exact) mass is 389 g/mol. The van der Waals surface area contributed by atoms with Gasteiger partial charge in [0.2, 0.25) is 0 Å². The first-order chi connectivity index (χ1) is 12.5. The lowest BCUT2D eigenvalue weighted by atomic mass is 10.2. The van der Waals surface area contributed by atoms with Crippen molar-refractivity contribution in [1.29, 1.82) is 0 Å². The van der Waals surface area contributed by atoms with Gasteiger partial charge in [0.05, 0.1) is 22.5 Å². The van der Waals surface area contributed by atoms with Gasteiger partial charge in [0.15, 0.2) is 0 Å². The first-order valence-electron chi connectivity index (χ1n) is 7.72. The highest BCUT2D eigenvalue weighted by molar-refractivity contribution is 6.34.